The Morgan fingerprint density at radius 3 is 2.71 bits per heavy atom. The number of ether oxygens (including phenoxy) is 1. The van der Waals surface area contributed by atoms with Crippen LogP contribution in [0.1, 0.15) is 34.9 Å². The molecule has 0 radical (unpaired) electrons. The summed E-state index contributed by atoms with van der Waals surface area (Å²) in [6, 6.07) is 20.1. The molecule has 0 spiro atoms. The summed E-state index contributed by atoms with van der Waals surface area (Å²) in [6.07, 6.45) is 2.83. The first kappa shape index (κ1) is 17.7. The second kappa shape index (κ2) is 7.92. The second-order valence-corrected chi connectivity index (χ2v) is 6.50. The van der Waals surface area contributed by atoms with Gasteiger partial charge in [-0.05, 0) is 48.4 Å². The summed E-state index contributed by atoms with van der Waals surface area (Å²) in [5.41, 5.74) is 1.80. The van der Waals surface area contributed by atoms with Crippen molar-refractivity contribution < 1.29 is 14.3 Å². The molecule has 0 saturated carbocycles. The first-order valence-corrected chi connectivity index (χ1v) is 9.07. The third-order valence-electron chi connectivity index (χ3n) is 4.50. The molecule has 6 heteroatoms. The molecule has 1 unspecified atom stereocenters. The molecule has 2 heterocycles. The van der Waals surface area contributed by atoms with Crippen molar-refractivity contribution in [2.75, 3.05) is 5.32 Å². The number of para-hydroxylation sites is 1. The van der Waals surface area contributed by atoms with E-state index in [1.807, 2.05) is 48.5 Å². The van der Waals surface area contributed by atoms with Crippen molar-refractivity contribution >= 4 is 17.5 Å². The molecule has 3 aromatic rings. The van der Waals surface area contributed by atoms with Gasteiger partial charge < -0.3 is 15.4 Å². The lowest BCUT2D eigenvalue weighted by atomic mass is 10.0. The summed E-state index contributed by atoms with van der Waals surface area (Å²) in [4.78, 5) is 28.4. The van der Waals surface area contributed by atoms with Gasteiger partial charge in [0.05, 0.1) is 6.04 Å². The average molecular weight is 373 g/mol. The van der Waals surface area contributed by atoms with Crippen molar-refractivity contribution in [3.8, 4) is 11.5 Å². The van der Waals surface area contributed by atoms with Gasteiger partial charge in [-0.25, -0.2) is 4.98 Å². The molecule has 1 aliphatic rings. The number of nitrogens with one attached hydrogen (secondary N) is 2. The van der Waals surface area contributed by atoms with Gasteiger partial charge in [-0.15, -0.1) is 0 Å². The van der Waals surface area contributed by atoms with E-state index in [1.165, 1.54) is 0 Å². The molecule has 4 rings (SSSR count). The normalized spacial score (nSPS) is 15.7. The maximum atomic E-state index is 12.8. The lowest BCUT2D eigenvalue weighted by Gasteiger charge is -2.13. The van der Waals surface area contributed by atoms with E-state index >= 15 is 0 Å². The van der Waals surface area contributed by atoms with Crippen molar-refractivity contribution in [2.24, 2.45) is 0 Å². The fraction of sp³-hybridized carbons (Fsp3) is 0.136. The Morgan fingerprint density at radius 2 is 1.93 bits per heavy atom. The number of anilines is 1. The summed E-state index contributed by atoms with van der Waals surface area (Å²) in [7, 11) is 0. The molecule has 0 bridgehead atoms. The molecule has 140 valence electrons. The Morgan fingerprint density at radius 1 is 1.07 bits per heavy atom. The van der Waals surface area contributed by atoms with Gasteiger partial charge in [0.25, 0.3) is 5.91 Å². The highest BCUT2D eigenvalue weighted by molar-refractivity contribution is 6.04. The molecule has 2 aromatic carbocycles. The van der Waals surface area contributed by atoms with E-state index in [0.29, 0.717) is 23.6 Å². The quantitative estimate of drug-likeness (QED) is 0.706. The molecule has 1 aliphatic heterocycles. The van der Waals surface area contributed by atoms with E-state index in [2.05, 4.69) is 15.6 Å². The molecule has 28 heavy (non-hydrogen) atoms. The maximum Gasteiger partial charge on any atom is 0.278 e. The summed E-state index contributed by atoms with van der Waals surface area (Å²) in [5, 5.41) is 5.80. The fourth-order valence-corrected chi connectivity index (χ4v) is 3.15. The average Bonchev–Trinajstić information content (AvgIpc) is 3.16. The van der Waals surface area contributed by atoms with Crippen molar-refractivity contribution in [1.82, 2.24) is 10.3 Å². The van der Waals surface area contributed by atoms with Gasteiger partial charge in [-0.2, -0.15) is 0 Å². The number of pyridine rings is 1. The zero-order chi connectivity index (χ0) is 19.3. The summed E-state index contributed by atoms with van der Waals surface area (Å²) in [5.74, 6) is 0.698. The van der Waals surface area contributed by atoms with E-state index < -0.39 is 0 Å². The van der Waals surface area contributed by atoms with Crippen LogP contribution in [0.2, 0.25) is 0 Å². The van der Waals surface area contributed by atoms with Crippen molar-refractivity contribution in [2.45, 2.75) is 18.9 Å². The van der Waals surface area contributed by atoms with E-state index in [9.17, 15) is 9.59 Å². The minimum Gasteiger partial charge on any atom is -0.455 e. The van der Waals surface area contributed by atoms with Crippen LogP contribution in [0.15, 0.2) is 72.9 Å². The third-order valence-corrected chi connectivity index (χ3v) is 4.50. The number of hydrogen-bond acceptors (Lipinski definition) is 4. The number of benzene rings is 2. The topological polar surface area (TPSA) is 80.3 Å². The molecule has 6 nitrogen and oxygen atoms in total. The number of carbonyl (C=O) groups excluding carboxylic acids is 2. The van der Waals surface area contributed by atoms with Gasteiger partial charge >= 0.3 is 0 Å². The number of carbonyl (C=O) groups is 2. The smallest absolute Gasteiger partial charge is 0.278 e. The van der Waals surface area contributed by atoms with E-state index in [-0.39, 0.29) is 23.6 Å². The monoisotopic (exact) mass is 373 g/mol. The highest BCUT2D eigenvalue weighted by Gasteiger charge is 2.22. The Bertz CT molecular complexity index is 1000. The second-order valence-electron chi connectivity index (χ2n) is 6.50. The summed E-state index contributed by atoms with van der Waals surface area (Å²) < 4.78 is 5.81. The fourth-order valence-electron chi connectivity index (χ4n) is 3.15. The van der Waals surface area contributed by atoms with Crippen LogP contribution < -0.4 is 15.4 Å². The highest BCUT2D eigenvalue weighted by Crippen LogP contribution is 2.27. The lowest BCUT2D eigenvalue weighted by molar-refractivity contribution is -0.119. The number of hydrogen-bond donors (Lipinski definition) is 2. The molecule has 1 saturated heterocycles. The SMILES string of the molecule is O=C1CCC(c2cccc(NC(=O)c3ncccc3Oc3ccccc3)c2)N1. The van der Waals surface area contributed by atoms with Crippen LogP contribution in [0.4, 0.5) is 5.69 Å². The van der Waals surface area contributed by atoms with E-state index in [4.69, 9.17) is 4.74 Å². The molecule has 2 amide bonds. The van der Waals surface area contributed by atoms with E-state index in [1.54, 1.807) is 24.4 Å². The maximum absolute atomic E-state index is 12.8. The minimum atomic E-state index is -0.362. The van der Waals surface area contributed by atoms with Crippen LogP contribution in [-0.2, 0) is 4.79 Å². The summed E-state index contributed by atoms with van der Waals surface area (Å²) in [6.45, 7) is 0. The van der Waals surface area contributed by atoms with Crippen LogP contribution in [0.5, 0.6) is 11.5 Å². The van der Waals surface area contributed by atoms with Gasteiger partial charge in [0.2, 0.25) is 5.91 Å². The Hall–Kier alpha value is -3.67. The molecule has 1 atom stereocenters. The minimum absolute atomic E-state index is 0.0174. The van der Waals surface area contributed by atoms with Gasteiger partial charge in [-0.3, -0.25) is 9.59 Å². The number of rotatable bonds is 5. The predicted octanol–water partition coefficient (Wildman–Crippen LogP) is 4.08. The van der Waals surface area contributed by atoms with Crippen LogP contribution in [0, 0.1) is 0 Å². The molecule has 1 aromatic heterocycles. The van der Waals surface area contributed by atoms with Gasteiger partial charge in [0.15, 0.2) is 11.4 Å². The Kier molecular flexibility index (Phi) is 5.01. The van der Waals surface area contributed by atoms with Crippen LogP contribution >= 0.6 is 0 Å². The summed E-state index contributed by atoms with van der Waals surface area (Å²) >= 11 is 0. The zero-order valence-electron chi connectivity index (χ0n) is 15.1. The first-order valence-electron chi connectivity index (χ1n) is 9.07. The molecule has 1 fully saturated rings. The first-order chi connectivity index (χ1) is 13.7. The van der Waals surface area contributed by atoms with Gasteiger partial charge in [0, 0.05) is 18.3 Å². The van der Waals surface area contributed by atoms with Crippen molar-refractivity contribution in [1.29, 1.82) is 0 Å². The largest absolute Gasteiger partial charge is 0.455 e. The predicted molar refractivity (Wildman–Crippen MR) is 105 cm³/mol. The Balaban J connectivity index is 1.52. The highest BCUT2D eigenvalue weighted by atomic mass is 16.5. The zero-order valence-corrected chi connectivity index (χ0v) is 15.1. The van der Waals surface area contributed by atoms with Crippen LogP contribution in [0.3, 0.4) is 0 Å². The number of nitrogens with zero attached hydrogens (tertiary/aromatic N) is 1. The van der Waals surface area contributed by atoms with E-state index in [0.717, 1.165) is 12.0 Å². The van der Waals surface area contributed by atoms with Crippen LogP contribution in [-0.4, -0.2) is 16.8 Å². The van der Waals surface area contributed by atoms with Gasteiger partial charge in [0.1, 0.15) is 5.75 Å². The third kappa shape index (κ3) is 4.01. The number of aromatic nitrogens is 1. The molecular weight excluding hydrogens is 354 g/mol. The van der Waals surface area contributed by atoms with Crippen LogP contribution in [0.25, 0.3) is 0 Å². The molecule has 0 aliphatic carbocycles. The van der Waals surface area contributed by atoms with Crippen molar-refractivity contribution in [3.05, 3.63) is 84.2 Å². The van der Waals surface area contributed by atoms with Crippen molar-refractivity contribution in [3.63, 3.8) is 0 Å². The van der Waals surface area contributed by atoms with Gasteiger partial charge in [-0.1, -0.05) is 30.3 Å². The Labute approximate surface area is 162 Å². The lowest BCUT2D eigenvalue weighted by Crippen LogP contribution is -2.19. The standard InChI is InChI=1S/C22H19N3O3/c26-20-12-11-18(25-20)15-6-4-7-16(14-15)24-22(27)21-19(10-5-13-23-21)28-17-8-2-1-3-9-17/h1-10,13-14,18H,11-12H2,(H,24,27)(H,25,26). The number of amides is 2. The molecular formula is C22H19N3O3. The molecule has 2 N–H and O–H groups in total.